The van der Waals surface area contributed by atoms with Crippen molar-refractivity contribution < 1.29 is 28.5 Å². The molecular weight excluding hydrogens is 661 g/mol. The number of carbonyl (C=O) groups is 2. The van der Waals surface area contributed by atoms with E-state index in [4.69, 9.17) is 18.9 Å². The van der Waals surface area contributed by atoms with Crippen molar-refractivity contribution in [2.75, 3.05) is 26.4 Å². The second-order valence-corrected chi connectivity index (χ2v) is 15.3. The first-order valence-electron chi connectivity index (χ1n) is 18.0. The molecule has 53 heavy (non-hydrogen) atoms. The zero-order valence-corrected chi connectivity index (χ0v) is 31.6. The molecule has 0 spiro atoms. The molecule has 6 heteroatoms. The molecule has 0 heterocycles. The summed E-state index contributed by atoms with van der Waals surface area (Å²) in [6, 6.07) is 34.6. The van der Waals surface area contributed by atoms with Crippen molar-refractivity contribution >= 4 is 22.5 Å². The Kier molecular flexibility index (Phi) is 10.5. The van der Waals surface area contributed by atoms with Crippen LogP contribution in [0.25, 0.3) is 21.9 Å². The highest BCUT2D eigenvalue weighted by atomic mass is 16.5. The molecule has 0 radical (unpaired) electrons. The summed E-state index contributed by atoms with van der Waals surface area (Å²) in [6.07, 6.45) is 2.44. The normalized spacial score (nSPS) is 15.0. The number of carbonyl (C=O) groups excluding carboxylic acids is 2. The molecule has 5 aromatic rings. The van der Waals surface area contributed by atoms with Gasteiger partial charge in [-0.2, -0.15) is 0 Å². The molecule has 0 saturated carbocycles. The summed E-state index contributed by atoms with van der Waals surface area (Å²) >= 11 is 0. The molecule has 0 aromatic heterocycles. The summed E-state index contributed by atoms with van der Waals surface area (Å²) in [4.78, 5) is 23.4. The first kappa shape index (κ1) is 37.3. The Morgan fingerprint density at radius 2 is 1.19 bits per heavy atom. The lowest BCUT2D eigenvalue weighted by Gasteiger charge is -2.34. The van der Waals surface area contributed by atoms with E-state index in [0.717, 1.165) is 16.9 Å². The van der Waals surface area contributed by atoms with Crippen LogP contribution in [-0.2, 0) is 24.5 Å². The Labute approximate surface area is 313 Å². The van der Waals surface area contributed by atoms with E-state index in [2.05, 4.69) is 99.8 Å². The van der Waals surface area contributed by atoms with Gasteiger partial charge < -0.3 is 18.9 Å². The molecule has 0 N–H and O–H groups in total. The van der Waals surface area contributed by atoms with Crippen molar-refractivity contribution in [2.24, 2.45) is 5.41 Å². The van der Waals surface area contributed by atoms with Gasteiger partial charge >= 0.3 is 5.97 Å². The smallest absolute Gasteiger partial charge is 0.330 e. The van der Waals surface area contributed by atoms with E-state index in [-0.39, 0.29) is 25.6 Å². The van der Waals surface area contributed by atoms with E-state index in [0.29, 0.717) is 12.4 Å². The lowest BCUT2D eigenvalue weighted by Crippen LogP contribution is -2.34. The Morgan fingerprint density at radius 1 is 0.660 bits per heavy atom. The molecule has 6 rings (SSSR count). The molecule has 0 amide bonds. The lowest BCUT2D eigenvalue weighted by atomic mass is 9.67. The van der Waals surface area contributed by atoms with Gasteiger partial charge in [0.05, 0.1) is 24.2 Å². The summed E-state index contributed by atoms with van der Waals surface area (Å²) in [5, 5.41) is 2.37. The molecule has 1 unspecified atom stereocenters. The minimum absolute atomic E-state index is 0.0412. The van der Waals surface area contributed by atoms with Crippen LogP contribution in [0.1, 0.15) is 61.1 Å². The number of ketones is 1. The molecule has 1 aliphatic rings. The van der Waals surface area contributed by atoms with Crippen molar-refractivity contribution in [3.63, 3.8) is 0 Å². The van der Waals surface area contributed by atoms with Crippen LogP contribution in [-0.4, -0.2) is 43.8 Å². The quantitative estimate of drug-likeness (QED) is 0.0782. The second kappa shape index (κ2) is 14.9. The standard InChI is InChI=1S/C47H48O6/c1-9-37(48)27-53-46(7,8)30-51-39-21-17-36(18-22-39)47(35-15-19-38(20-16-35)50-28-45(5,6)29-52-44(49)10-2)42-24-32(4)31(3)23-40(42)41-25-33-13-11-12-14-34(33)26-43(41)47/h9-26H,1-2,27-30H2,3-8H3. The van der Waals surface area contributed by atoms with Crippen LogP contribution < -0.4 is 9.47 Å². The van der Waals surface area contributed by atoms with E-state index in [1.165, 1.54) is 56.3 Å². The Morgan fingerprint density at radius 3 is 1.77 bits per heavy atom. The summed E-state index contributed by atoms with van der Waals surface area (Å²) < 4.78 is 23.6. The van der Waals surface area contributed by atoms with Crippen molar-refractivity contribution in [1.82, 2.24) is 0 Å². The first-order chi connectivity index (χ1) is 25.3. The molecule has 0 saturated heterocycles. The Hall–Kier alpha value is -5.46. The highest BCUT2D eigenvalue weighted by Crippen LogP contribution is 2.57. The zero-order valence-electron chi connectivity index (χ0n) is 31.6. The van der Waals surface area contributed by atoms with Crippen LogP contribution in [0.3, 0.4) is 0 Å². The maximum atomic E-state index is 11.8. The molecule has 5 aromatic carbocycles. The van der Waals surface area contributed by atoms with Gasteiger partial charge in [-0.25, -0.2) is 4.79 Å². The molecule has 0 aliphatic heterocycles. The monoisotopic (exact) mass is 708 g/mol. The average Bonchev–Trinajstić information content (AvgIpc) is 3.42. The number of hydrogen-bond donors (Lipinski definition) is 0. The average molecular weight is 709 g/mol. The molecule has 272 valence electrons. The van der Waals surface area contributed by atoms with E-state index >= 15 is 0 Å². The number of rotatable bonds is 15. The largest absolute Gasteiger partial charge is 0.493 e. The minimum Gasteiger partial charge on any atom is -0.493 e. The SMILES string of the molecule is C=CC(=O)COC(C)(C)COc1ccc(C2(c3ccc(OCC(C)(C)COC(=O)C=C)cc3)c3cc(C)c(C)cc3-c3cc4ccccc4cc32)cc1. The number of esters is 1. The van der Waals surface area contributed by atoms with Gasteiger partial charge in [-0.15, -0.1) is 0 Å². The van der Waals surface area contributed by atoms with Crippen LogP contribution in [0, 0.1) is 19.3 Å². The molecular formula is C47H48O6. The Balaban J connectivity index is 1.42. The van der Waals surface area contributed by atoms with E-state index in [1.54, 1.807) is 0 Å². The van der Waals surface area contributed by atoms with Crippen LogP contribution in [0.5, 0.6) is 11.5 Å². The lowest BCUT2D eigenvalue weighted by molar-refractivity contribution is -0.141. The minimum atomic E-state index is -0.673. The van der Waals surface area contributed by atoms with Gasteiger partial charge in [-0.3, -0.25) is 4.79 Å². The van der Waals surface area contributed by atoms with Gasteiger partial charge in [0.25, 0.3) is 0 Å². The van der Waals surface area contributed by atoms with Gasteiger partial charge in [-0.05, 0) is 125 Å². The van der Waals surface area contributed by atoms with E-state index in [9.17, 15) is 9.59 Å². The molecule has 0 bridgehead atoms. The van der Waals surface area contributed by atoms with Crippen molar-refractivity contribution in [3.8, 4) is 22.6 Å². The van der Waals surface area contributed by atoms with Crippen LogP contribution in [0.4, 0.5) is 0 Å². The van der Waals surface area contributed by atoms with Crippen LogP contribution in [0.15, 0.2) is 122 Å². The van der Waals surface area contributed by atoms with Gasteiger partial charge in [0, 0.05) is 11.5 Å². The summed E-state index contributed by atoms with van der Waals surface area (Å²) in [5.74, 6) is 0.820. The fourth-order valence-corrected chi connectivity index (χ4v) is 6.93. The van der Waals surface area contributed by atoms with E-state index in [1.807, 2.05) is 52.0 Å². The molecule has 1 atom stereocenters. The third-order valence-corrected chi connectivity index (χ3v) is 10.0. The van der Waals surface area contributed by atoms with Crippen molar-refractivity contribution in [2.45, 2.75) is 52.6 Å². The maximum Gasteiger partial charge on any atom is 0.330 e. The topological polar surface area (TPSA) is 71.1 Å². The number of aryl methyl sites for hydroxylation is 2. The molecule has 0 fully saturated rings. The fraction of sp³-hybridized carbons (Fsp3) is 0.277. The predicted molar refractivity (Wildman–Crippen MR) is 212 cm³/mol. The van der Waals surface area contributed by atoms with Crippen LogP contribution >= 0.6 is 0 Å². The van der Waals surface area contributed by atoms with Gasteiger partial charge in [0.1, 0.15) is 24.7 Å². The predicted octanol–water partition coefficient (Wildman–Crippen LogP) is 9.88. The number of benzene rings is 5. The van der Waals surface area contributed by atoms with Gasteiger partial charge in [0.2, 0.25) is 0 Å². The fourth-order valence-electron chi connectivity index (χ4n) is 6.93. The summed E-state index contributed by atoms with van der Waals surface area (Å²) in [6.45, 7) is 20.0. The van der Waals surface area contributed by atoms with Crippen molar-refractivity contribution in [1.29, 1.82) is 0 Å². The highest BCUT2D eigenvalue weighted by Gasteiger charge is 2.46. The Bertz CT molecular complexity index is 2090. The number of ether oxygens (including phenoxy) is 4. The van der Waals surface area contributed by atoms with Gasteiger partial charge in [0.15, 0.2) is 5.78 Å². The summed E-state index contributed by atoms with van der Waals surface area (Å²) in [5.41, 5.74) is 7.84. The maximum absolute atomic E-state index is 11.8. The number of fused-ring (bicyclic) bond motifs is 4. The third-order valence-electron chi connectivity index (χ3n) is 10.0. The van der Waals surface area contributed by atoms with Gasteiger partial charge in [-0.1, -0.05) is 87.7 Å². The molecule has 1 aliphatic carbocycles. The first-order valence-corrected chi connectivity index (χ1v) is 18.0. The number of hydrogen-bond acceptors (Lipinski definition) is 6. The van der Waals surface area contributed by atoms with Crippen molar-refractivity contribution in [3.05, 3.63) is 156 Å². The van der Waals surface area contributed by atoms with Crippen LogP contribution in [0.2, 0.25) is 0 Å². The zero-order chi connectivity index (χ0) is 38.0. The highest BCUT2D eigenvalue weighted by molar-refractivity contribution is 5.96. The summed E-state index contributed by atoms with van der Waals surface area (Å²) in [7, 11) is 0. The molecule has 6 nitrogen and oxygen atoms in total. The second-order valence-electron chi connectivity index (χ2n) is 15.3. The van der Waals surface area contributed by atoms with E-state index < -0.39 is 22.4 Å². The third kappa shape index (κ3) is 7.69.